The standard InChI is InChI=1S/C25H30N4O2/c30-24(26-22-12-7-16-28(19-22)18-20-8-3-1-4-9-20)13-14-25(31)29-17-15-23(27-29)21-10-5-2-6-11-21/h1-6,8-11,22H,7,12-19H2,(H,26,30). The van der Waals surface area contributed by atoms with Crippen molar-refractivity contribution in [1.82, 2.24) is 15.2 Å². The third-order valence-electron chi connectivity index (χ3n) is 5.88. The van der Waals surface area contributed by atoms with Gasteiger partial charge in [0.2, 0.25) is 11.8 Å². The number of carbonyl (C=O) groups is 2. The van der Waals surface area contributed by atoms with E-state index in [4.69, 9.17) is 0 Å². The van der Waals surface area contributed by atoms with Gasteiger partial charge in [0.05, 0.1) is 12.3 Å². The van der Waals surface area contributed by atoms with Gasteiger partial charge in [-0.1, -0.05) is 60.7 Å². The summed E-state index contributed by atoms with van der Waals surface area (Å²) in [4.78, 5) is 27.3. The van der Waals surface area contributed by atoms with Crippen LogP contribution in [0.15, 0.2) is 65.8 Å². The Morgan fingerprint density at radius 1 is 0.968 bits per heavy atom. The third kappa shape index (κ3) is 6.01. The number of amides is 2. The van der Waals surface area contributed by atoms with E-state index < -0.39 is 0 Å². The number of nitrogens with one attached hydrogen (secondary N) is 1. The minimum Gasteiger partial charge on any atom is -0.352 e. The minimum absolute atomic E-state index is 0.0497. The third-order valence-corrected chi connectivity index (χ3v) is 5.88. The van der Waals surface area contributed by atoms with Gasteiger partial charge in [-0.3, -0.25) is 14.5 Å². The van der Waals surface area contributed by atoms with E-state index in [1.54, 1.807) is 0 Å². The van der Waals surface area contributed by atoms with E-state index in [2.05, 4.69) is 39.6 Å². The van der Waals surface area contributed by atoms with Crippen molar-refractivity contribution >= 4 is 17.5 Å². The van der Waals surface area contributed by atoms with Crippen molar-refractivity contribution in [2.45, 2.75) is 44.7 Å². The molecule has 2 aliphatic rings. The van der Waals surface area contributed by atoms with Crippen LogP contribution in [0.25, 0.3) is 0 Å². The summed E-state index contributed by atoms with van der Waals surface area (Å²) < 4.78 is 0. The molecule has 0 radical (unpaired) electrons. The Labute approximate surface area is 183 Å². The van der Waals surface area contributed by atoms with Gasteiger partial charge >= 0.3 is 0 Å². The average molecular weight is 419 g/mol. The monoisotopic (exact) mass is 418 g/mol. The molecule has 6 nitrogen and oxygen atoms in total. The molecule has 0 bridgehead atoms. The number of piperidine rings is 1. The van der Waals surface area contributed by atoms with E-state index in [0.717, 1.165) is 50.2 Å². The Kier molecular flexibility index (Phi) is 7.10. The summed E-state index contributed by atoms with van der Waals surface area (Å²) in [5.41, 5.74) is 3.27. The maximum atomic E-state index is 12.5. The zero-order chi connectivity index (χ0) is 21.5. The van der Waals surface area contributed by atoms with Crippen LogP contribution in [0.3, 0.4) is 0 Å². The van der Waals surface area contributed by atoms with E-state index in [1.165, 1.54) is 10.6 Å². The van der Waals surface area contributed by atoms with Gasteiger partial charge in [0, 0.05) is 38.4 Å². The first kappa shape index (κ1) is 21.2. The smallest absolute Gasteiger partial charge is 0.243 e. The predicted octanol–water partition coefficient (Wildman–Crippen LogP) is 3.18. The first-order valence-corrected chi connectivity index (χ1v) is 11.2. The second kappa shape index (κ2) is 10.4. The SMILES string of the molecule is O=C(CCC(=O)N1CCC(c2ccccc2)=N1)NC1CCCN(Cc2ccccc2)C1. The molecule has 0 aromatic heterocycles. The molecule has 6 heteroatoms. The van der Waals surface area contributed by atoms with E-state index in [-0.39, 0.29) is 30.7 Å². The van der Waals surface area contributed by atoms with Crippen LogP contribution in [0.5, 0.6) is 0 Å². The fourth-order valence-electron chi connectivity index (χ4n) is 4.28. The maximum Gasteiger partial charge on any atom is 0.243 e. The molecule has 1 saturated heterocycles. The predicted molar refractivity (Wildman–Crippen MR) is 121 cm³/mol. The number of hydrogen-bond donors (Lipinski definition) is 1. The molecule has 31 heavy (non-hydrogen) atoms. The molecular formula is C25H30N4O2. The molecule has 2 aliphatic heterocycles. The molecule has 2 amide bonds. The largest absolute Gasteiger partial charge is 0.352 e. The van der Waals surface area contributed by atoms with Gasteiger partial charge in [-0.15, -0.1) is 0 Å². The lowest BCUT2D eigenvalue weighted by Crippen LogP contribution is -2.47. The van der Waals surface area contributed by atoms with Crippen LogP contribution in [-0.4, -0.2) is 53.1 Å². The molecule has 2 aromatic rings. The van der Waals surface area contributed by atoms with Gasteiger partial charge in [0.1, 0.15) is 0 Å². The highest BCUT2D eigenvalue weighted by molar-refractivity contribution is 6.02. The highest BCUT2D eigenvalue weighted by atomic mass is 16.2. The number of carbonyl (C=O) groups excluding carboxylic acids is 2. The van der Waals surface area contributed by atoms with Crippen LogP contribution in [0, 0.1) is 0 Å². The fourth-order valence-corrected chi connectivity index (χ4v) is 4.28. The number of rotatable bonds is 7. The molecule has 1 N–H and O–H groups in total. The van der Waals surface area contributed by atoms with Crippen LogP contribution in [0.4, 0.5) is 0 Å². The number of hydrazone groups is 1. The van der Waals surface area contributed by atoms with Crippen LogP contribution in [0.2, 0.25) is 0 Å². The molecule has 0 saturated carbocycles. The lowest BCUT2D eigenvalue weighted by molar-refractivity contribution is -0.133. The molecule has 162 valence electrons. The van der Waals surface area contributed by atoms with Crippen molar-refractivity contribution in [3.63, 3.8) is 0 Å². The maximum absolute atomic E-state index is 12.5. The first-order chi connectivity index (χ1) is 15.2. The molecule has 4 rings (SSSR count). The van der Waals surface area contributed by atoms with Crippen molar-refractivity contribution in [3.05, 3.63) is 71.8 Å². The summed E-state index contributed by atoms with van der Waals surface area (Å²) in [5.74, 6) is -0.137. The highest BCUT2D eigenvalue weighted by Gasteiger charge is 2.24. The van der Waals surface area contributed by atoms with E-state index in [1.807, 2.05) is 36.4 Å². The average Bonchev–Trinajstić information content (AvgIpc) is 3.30. The van der Waals surface area contributed by atoms with E-state index in [9.17, 15) is 9.59 Å². The Hall–Kier alpha value is -2.99. The Bertz CT molecular complexity index is 914. The van der Waals surface area contributed by atoms with Gasteiger partial charge < -0.3 is 5.32 Å². The molecule has 2 aromatic carbocycles. The second-order valence-electron chi connectivity index (χ2n) is 8.31. The quantitative estimate of drug-likeness (QED) is 0.751. The van der Waals surface area contributed by atoms with Crippen molar-refractivity contribution in [2.75, 3.05) is 19.6 Å². The summed E-state index contributed by atoms with van der Waals surface area (Å²) in [6, 6.07) is 20.5. The molecule has 1 fully saturated rings. The Morgan fingerprint density at radius 2 is 1.71 bits per heavy atom. The molecular weight excluding hydrogens is 388 g/mol. The van der Waals surface area contributed by atoms with Gasteiger partial charge in [0.25, 0.3) is 0 Å². The van der Waals surface area contributed by atoms with Gasteiger partial charge in [-0.25, -0.2) is 5.01 Å². The summed E-state index contributed by atoms with van der Waals surface area (Å²) in [6.07, 6.45) is 3.21. The number of likely N-dealkylation sites (tertiary alicyclic amines) is 1. The van der Waals surface area contributed by atoms with Crippen molar-refractivity contribution in [1.29, 1.82) is 0 Å². The van der Waals surface area contributed by atoms with Gasteiger partial charge in [0.15, 0.2) is 0 Å². The van der Waals surface area contributed by atoms with Gasteiger partial charge in [-0.2, -0.15) is 5.10 Å². The molecule has 1 atom stereocenters. The number of benzene rings is 2. The van der Waals surface area contributed by atoms with Crippen molar-refractivity contribution < 1.29 is 9.59 Å². The van der Waals surface area contributed by atoms with E-state index >= 15 is 0 Å². The Balaban J connectivity index is 1.21. The molecule has 1 unspecified atom stereocenters. The topological polar surface area (TPSA) is 65.0 Å². The number of nitrogens with zero attached hydrogens (tertiary/aromatic N) is 3. The van der Waals surface area contributed by atoms with Crippen LogP contribution in [-0.2, 0) is 16.1 Å². The normalized spacial score (nSPS) is 19.2. The fraction of sp³-hybridized carbons (Fsp3) is 0.400. The lowest BCUT2D eigenvalue weighted by atomic mass is 10.0. The number of hydrogen-bond acceptors (Lipinski definition) is 4. The molecule has 0 spiro atoms. The first-order valence-electron chi connectivity index (χ1n) is 11.2. The van der Waals surface area contributed by atoms with Crippen molar-refractivity contribution in [2.24, 2.45) is 5.10 Å². The lowest BCUT2D eigenvalue weighted by Gasteiger charge is -2.33. The zero-order valence-electron chi connectivity index (χ0n) is 17.9. The summed E-state index contributed by atoms with van der Waals surface area (Å²) in [6.45, 7) is 3.39. The second-order valence-corrected chi connectivity index (χ2v) is 8.31. The molecule has 2 heterocycles. The minimum atomic E-state index is -0.0876. The molecule has 0 aliphatic carbocycles. The van der Waals surface area contributed by atoms with Crippen molar-refractivity contribution in [3.8, 4) is 0 Å². The van der Waals surface area contributed by atoms with E-state index in [0.29, 0.717) is 6.54 Å². The Morgan fingerprint density at radius 3 is 2.48 bits per heavy atom. The van der Waals surface area contributed by atoms with Gasteiger partial charge in [-0.05, 0) is 30.5 Å². The summed E-state index contributed by atoms with van der Waals surface area (Å²) >= 11 is 0. The van der Waals surface area contributed by atoms with Crippen LogP contribution >= 0.6 is 0 Å². The van der Waals surface area contributed by atoms with Crippen LogP contribution in [0.1, 0.15) is 43.2 Å². The van der Waals surface area contributed by atoms with Crippen LogP contribution < -0.4 is 5.32 Å². The summed E-state index contributed by atoms with van der Waals surface area (Å²) in [7, 11) is 0. The highest BCUT2D eigenvalue weighted by Crippen LogP contribution is 2.16. The summed E-state index contributed by atoms with van der Waals surface area (Å²) in [5, 5.41) is 9.10. The zero-order valence-corrected chi connectivity index (χ0v) is 17.9.